The Balaban J connectivity index is 2.13. The zero-order valence-electron chi connectivity index (χ0n) is 8.05. The van der Waals surface area contributed by atoms with Gasteiger partial charge in [0.05, 0.1) is 5.92 Å². The molecular formula is C11H11NO3. The average Bonchev–Trinajstić information content (AvgIpc) is 2.47. The Labute approximate surface area is 87.0 Å². The standard InChI is InChI=1S/C11H11NO3/c12-9-8(10(13)15-11(9)14)6-7-4-2-1-3-5-7/h1-5,8-9H,6,12H2/t8?,9-/m1/s1. The number of ether oxygens (including phenoxy) is 1. The molecule has 1 saturated heterocycles. The highest BCUT2D eigenvalue weighted by atomic mass is 16.6. The van der Waals surface area contributed by atoms with Crippen molar-refractivity contribution >= 4 is 11.9 Å². The minimum Gasteiger partial charge on any atom is -0.392 e. The van der Waals surface area contributed by atoms with Crippen LogP contribution in [0.1, 0.15) is 5.56 Å². The largest absolute Gasteiger partial charge is 0.392 e. The van der Waals surface area contributed by atoms with Crippen LogP contribution in [0, 0.1) is 5.92 Å². The van der Waals surface area contributed by atoms with Crippen LogP contribution < -0.4 is 5.73 Å². The van der Waals surface area contributed by atoms with Crippen LogP contribution in [0.5, 0.6) is 0 Å². The molecule has 0 amide bonds. The maximum Gasteiger partial charge on any atom is 0.331 e. The molecule has 0 radical (unpaired) electrons. The van der Waals surface area contributed by atoms with Gasteiger partial charge in [-0.1, -0.05) is 30.3 Å². The van der Waals surface area contributed by atoms with Crippen molar-refractivity contribution < 1.29 is 14.3 Å². The smallest absolute Gasteiger partial charge is 0.331 e. The first-order valence-corrected chi connectivity index (χ1v) is 4.73. The number of rotatable bonds is 2. The van der Waals surface area contributed by atoms with Gasteiger partial charge in [0.25, 0.3) is 0 Å². The predicted octanol–water partition coefficient (Wildman–Crippen LogP) is 0.256. The van der Waals surface area contributed by atoms with Crippen molar-refractivity contribution in [1.82, 2.24) is 0 Å². The maximum absolute atomic E-state index is 11.3. The summed E-state index contributed by atoms with van der Waals surface area (Å²) in [6.45, 7) is 0. The van der Waals surface area contributed by atoms with Crippen LogP contribution in [-0.4, -0.2) is 18.0 Å². The molecule has 0 aliphatic carbocycles. The van der Waals surface area contributed by atoms with Crippen LogP contribution in [0.15, 0.2) is 30.3 Å². The molecular weight excluding hydrogens is 194 g/mol. The first-order chi connectivity index (χ1) is 7.18. The SMILES string of the molecule is N[C@H]1C(=O)OC(=O)C1Cc1ccccc1. The Kier molecular flexibility index (Phi) is 2.51. The summed E-state index contributed by atoms with van der Waals surface area (Å²) in [5.41, 5.74) is 6.54. The quantitative estimate of drug-likeness (QED) is 0.555. The lowest BCUT2D eigenvalue weighted by atomic mass is 9.95. The predicted molar refractivity (Wildman–Crippen MR) is 52.7 cm³/mol. The van der Waals surface area contributed by atoms with Crippen molar-refractivity contribution in [3.05, 3.63) is 35.9 Å². The highest BCUT2D eigenvalue weighted by Gasteiger charge is 2.41. The average molecular weight is 205 g/mol. The minimum atomic E-state index is -0.822. The fraction of sp³-hybridized carbons (Fsp3) is 0.273. The normalized spacial score (nSPS) is 25.4. The second-order valence-electron chi connectivity index (χ2n) is 3.56. The van der Waals surface area contributed by atoms with E-state index in [1.165, 1.54) is 0 Å². The van der Waals surface area contributed by atoms with Crippen molar-refractivity contribution in [2.24, 2.45) is 11.7 Å². The monoisotopic (exact) mass is 205 g/mol. The number of hydrogen-bond donors (Lipinski definition) is 1. The van der Waals surface area contributed by atoms with Crippen LogP contribution >= 0.6 is 0 Å². The molecule has 1 aliphatic heterocycles. The van der Waals surface area contributed by atoms with Gasteiger partial charge in [0.15, 0.2) is 0 Å². The molecule has 1 aromatic rings. The fourth-order valence-corrected chi connectivity index (χ4v) is 1.63. The van der Waals surface area contributed by atoms with Gasteiger partial charge < -0.3 is 10.5 Å². The number of nitrogens with two attached hydrogens (primary N) is 1. The van der Waals surface area contributed by atoms with E-state index in [4.69, 9.17) is 5.73 Å². The highest BCUT2D eigenvalue weighted by Crippen LogP contribution is 2.19. The van der Waals surface area contributed by atoms with Crippen LogP contribution in [0.3, 0.4) is 0 Å². The molecule has 1 aliphatic rings. The van der Waals surface area contributed by atoms with Crippen LogP contribution in [0.2, 0.25) is 0 Å². The van der Waals surface area contributed by atoms with Crippen molar-refractivity contribution in [3.8, 4) is 0 Å². The molecule has 0 spiro atoms. The van der Waals surface area contributed by atoms with E-state index in [-0.39, 0.29) is 0 Å². The summed E-state index contributed by atoms with van der Waals surface area (Å²) in [5, 5.41) is 0. The van der Waals surface area contributed by atoms with E-state index in [9.17, 15) is 9.59 Å². The topological polar surface area (TPSA) is 69.4 Å². The summed E-state index contributed by atoms with van der Waals surface area (Å²) in [6.07, 6.45) is 0.451. The number of carbonyl (C=O) groups excluding carboxylic acids is 2. The lowest BCUT2D eigenvalue weighted by molar-refractivity contribution is -0.153. The van der Waals surface area contributed by atoms with E-state index >= 15 is 0 Å². The van der Waals surface area contributed by atoms with Crippen LogP contribution in [0.25, 0.3) is 0 Å². The lowest BCUT2D eigenvalue weighted by Crippen LogP contribution is -2.34. The summed E-state index contributed by atoms with van der Waals surface area (Å²) in [4.78, 5) is 22.3. The molecule has 0 bridgehead atoms. The lowest BCUT2D eigenvalue weighted by Gasteiger charge is -2.08. The number of esters is 2. The Morgan fingerprint density at radius 1 is 1.13 bits per heavy atom. The fourth-order valence-electron chi connectivity index (χ4n) is 1.63. The third-order valence-electron chi connectivity index (χ3n) is 2.51. The van der Waals surface area contributed by atoms with Gasteiger partial charge in [-0.05, 0) is 12.0 Å². The van der Waals surface area contributed by atoms with Gasteiger partial charge in [-0.25, -0.2) is 4.79 Å². The minimum absolute atomic E-state index is 0.451. The number of carbonyl (C=O) groups is 2. The highest BCUT2D eigenvalue weighted by molar-refractivity contribution is 5.98. The van der Waals surface area contributed by atoms with Gasteiger partial charge in [-0.15, -0.1) is 0 Å². The Morgan fingerprint density at radius 2 is 1.80 bits per heavy atom. The molecule has 0 aromatic heterocycles. The Morgan fingerprint density at radius 3 is 2.33 bits per heavy atom. The van der Waals surface area contributed by atoms with E-state index in [1.54, 1.807) is 0 Å². The molecule has 1 aromatic carbocycles. The summed E-state index contributed by atoms with van der Waals surface area (Å²) in [6, 6.07) is 8.61. The molecule has 4 nitrogen and oxygen atoms in total. The molecule has 2 N–H and O–H groups in total. The second kappa shape index (κ2) is 3.82. The molecule has 1 heterocycles. The maximum atomic E-state index is 11.3. The van der Waals surface area contributed by atoms with Crippen molar-refractivity contribution in [3.63, 3.8) is 0 Å². The molecule has 4 heteroatoms. The number of hydrogen-bond acceptors (Lipinski definition) is 4. The Hall–Kier alpha value is -1.68. The second-order valence-corrected chi connectivity index (χ2v) is 3.56. The van der Waals surface area contributed by atoms with Crippen molar-refractivity contribution in [2.75, 3.05) is 0 Å². The van der Waals surface area contributed by atoms with Gasteiger partial charge in [0, 0.05) is 0 Å². The molecule has 0 saturated carbocycles. The van der Waals surface area contributed by atoms with Gasteiger partial charge in [-0.2, -0.15) is 0 Å². The summed E-state index contributed by atoms with van der Waals surface area (Å²) < 4.78 is 4.46. The molecule has 1 fully saturated rings. The molecule has 15 heavy (non-hydrogen) atoms. The van der Waals surface area contributed by atoms with E-state index in [0.29, 0.717) is 6.42 Å². The third kappa shape index (κ3) is 1.89. The molecule has 2 rings (SSSR count). The van der Waals surface area contributed by atoms with Gasteiger partial charge in [0.1, 0.15) is 6.04 Å². The van der Waals surface area contributed by atoms with Gasteiger partial charge in [0.2, 0.25) is 0 Å². The Bertz CT molecular complexity index is 388. The van der Waals surface area contributed by atoms with Gasteiger partial charge >= 0.3 is 11.9 Å². The van der Waals surface area contributed by atoms with E-state index in [2.05, 4.69) is 4.74 Å². The first-order valence-electron chi connectivity index (χ1n) is 4.73. The summed E-state index contributed by atoms with van der Waals surface area (Å²) in [5.74, 6) is -1.68. The van der Waals surface area contributed by atoms with Crippen LogP contribution in [0.4, 0.5) is 0 Å². The number of benzene rings is 1. The van der Waals surface area contributed by atoms with Crippen LogP contribution in [-0.2, 0) is 20.7 Å². The zero-order chi connectivity index (χ0) is 10.8. The molecule has 2 atom stereocenters. The first kappa shape index (κ1) is 9.86. The van der Waals surface area contributed by atoms with Crippen molar-refractivity contribution in [1.29, 1.82) is 0 Å². The summed E-state index contributed by atoms with van der Waals surface area (Å²) >= 11 is 0. The van der Waals surface area contributed by atoms with Crippen molar-refractivity contribution in [2.45, 2.75) is 12.5 Å². The van der Waals surface area contributed by atoms with E-state index in [1.807, 2.05) is 30.3 Å². The molecule has 1 unspecified atom stereocenters. The summed E-state index contributed by atoms with van der Waals surface area (Å²) in [7, 11) is 0. The number of cyclic esters (lactones) is 2. The zero-order valence-corrected chi connectivity index (χ0v) is 8.05. The van der Waals surface area contributed by atoms with Gasteiger partial charge in [-0.3, -0.25) is 4.79 Å². The van der Waals surface area contributed by atoms with E-state index in [0.717, 1.165) is 5.56 Å². The molecule has 78 valence electrons. The van der Waals surface area contributed by atoms with E-state index < -0.39 is 23.9 Å². The third-order valence-corrected chi connectivity index (χ3v) is 2.51.